The lowest BCUT2D eigenvalue weighted by atomic mass is 10.5. The zero-order valence-electron chi connectivity index (χ0n) is 4.72. The summed E-state index contributed by atoms with van der Waals surface area (Å²) in [7, 11) is 0. The number of amidine groups is 2. The van der Waals surface area contributed by atoms with Gasteiger partial charge >= 0.3 is 6.03 Å². The van der Waals surface area contributed by atoms with Gasteiger partial charge in [-0.25, -0.2) is 14.8 Å². The molecule has 2 aliphatic rings. The van der Waals surface area contributed by atoms with E-state index < -0.39 is 6.03 Å². The van der Waals surface area contributed by atoms with Gasteiger partial charge in [0.15, 0.2) is 0 Å². The van der Waals surface area contributed by atoms with E-state index in [9.17, 15) is 4.79 Å². The third-order valence-electron chi connectivity index (χ3n) is 0.992. The van der Waals surface area contributed by atoms with Gasteiger partial charge in [0, 0.05) is 0 Å². The minimum atomic E-state index is -0.631. The number of fused-ring (bicyclic) bond motifs is 1. The fraction of sp³-hybridized carbons (Fsp3) is 0. The van der Waals surface area contributed by atoms with Crippen molar-refractivity contribution in [3.05, 3.63) is 0 Å². The molecule has 2 amide bonds. The number of amides is 2. The first-order valence-corrected chi connectivity index (χ1v) is 2.51. The first kappa shape index (κ1) is 5.10. The molecule has 0 aromatic rings. The lowest BCUT2D eigenvalue weighted by molar-refractivity contribution is 0.255. The van der Waals surface area contributed by atoms with Gasteiger partial charge in [0.2, 0.25) is 11.7 Å². The van der Waals surface area contributed by atoms with Gasteiger partial charge in [0.25, 0.3) is 0 Å². The highest BCUT2D eigenvalue weighted by atomic mass is 16.2. The first-order valence-electron chi connectivity index (χ1n) is 2.51. The Bertz CT molecular complexity index is 310. The van der Waals surface area contributed by atoms with E-state index in [0.717, 1.165) is 0 Å². The molecule has 0 radical (unpaired) electrons. The van der Waals surface area contributed by atoms with Crippen LogP contribution in [0.15, 0.2) is 25.2 Å². The van der Waals surface area contributed by atoms with Crippen molar-refractivity contribution in [2.24, 2.45) is 25.2 Å². The van der Waals surface area contributed by atoms with Gasteiger partial charge < -0.3 is 0 Å². The molecule has 2 rings (SSSR count). The van der Waals surface area contributed by atoms with Crippen LogP contribution in [0.25, 0.3) is 0 Å². The zero-order chi connectivity index (χ0) is 6.97. The van der Waals surface area contributed by atoms with Crippen LogP contribution in [0, 0.1) is 0 Å². The van der Waals surface area contributed by atoms with Crippen LogP contribution >= 0.6 is 0 Å². The minimum Gasteiger partial charge on any atom is -0.242 e. The zero-order valence-corrected chi connectivity index (χ0v) is 4.72. The number of aliphatic imine (C=N–C) groups is 3. The molecule has 0 aromatic heterocycles. The maximum absolute atomic E-state index is 10.4. The standard InChI is InChI=1S/C4HN5O/c10-4-7-2-3(8-9-4)6-1-5-2/h1H. The number of carbonyl (C=O) groups is 1. The lowest BCUT2D eigenvalue weighted by Crippen LogP contribution is -2.10. The molecule has 0 saturated heterocycles. The minimum absolute atomic E-state index is 0.250. The van der Waals surface area contributed by atoms with Crippen LogP contribution in [0.4, 0.5) is 4.79 Å². The van der Waals surface area contributed by atoms with Crippen molar-refractivity contribution in [3.8, 4) is 0 Å². The fourth-order valence-electron chi connectivity index (χ4n) is 0.606. The fourth-order valence-corrected chi connectivity index (χ4v) is 0.606. The van der Waals surface area contributed by atoms with Crippen LogP contribution in [0.1, 0.15) is 0 Å². The highest BCUT2D eigenvalue weighted by Gasteiger charge is 2.17. The number of urea groups is 1. The van der Waals surface area contributed by atoms with Crippen molar-refractivity contribution in [3.63, 3.8) is 0 Å². The summed E-state index contributed by atoms with van der Waals surface area (Å²) in [6, 6.07) is -0.631. The Labute approximate surface area is 55.1 Å². The van der Waals surface area contributed by atoms with E-state index in [1.807, 2.05) is 0 Å². The van der Waals surface area contributed by atoms with Gasteiger partial charge in [0.05, 0.1) is 0 Å². The second-order valence-electron chi connectivity index (χ2n) is 1.62. The molecule has 2 heterocycles. The molecule has 2 aliphatic heterocycles. The topological polar surface area (TPSA) is 78.9 Å². The highest BCUT2D eigenvalue weighted by molar-refractivity contribution is 6.47. The van der Waals surface area contributed by atoms with E-state index >= 15 is 0 Å². The summed E-state index contributed by atoms with van der Waals surface area (Å²) in [5, 5.41) is 6.60. The molecule has 48 valence electrons. The number of azo groups is 1. The number of hydrogen-bond donors (Lipinski definition) is 0. The molecule has 0 atom stereocenters. The van der Waals surface area contributed by atoms with E-state index in [1.165, 1.54) is 6.34 Å². The number of carbonyl (C=O) groups excluding carboxylic acids is 1. The molecule has 0 aromatic carbocycles. The summed E-state index contributed by atoms with van der Waals surface area (Å²) in [6.07, 6.45) is 1.28. The van der Waals surface area contributed by atoms with Crippen molar-refractivity contribution in [1.29, 1.82) is 0 Å². The maximum atomic E-state index is 10.4. The second kappa shape index (κ2) is 1.63. The van der Waals surface area contributed by atoms with Crippen LogP contribution in [0.3, 0.4) is 0 Å². The maximum Gasteiger partial charge on any atom is 0.387 e. The van der Waals surface area contributed by atoms with Crippen molar-refractivity contribution in [2.75, 3.05) is 0 Å². The molecule has 0 saturated carbocycles. The first-order chi connectivity index (χ1) is 4.86. The second-order valence-corrected chi connectivity index (χ2v) is 1.62. The van der Waals surface area contributed by atoms with Crippen molar-refractivity contribution < 1.29 is 4.79 Å². The summed E-state index contributed by atoms with van der Waals surface area (Å²) in [5.74, 6) is 0.555. The third-order valence-corrected chi connectivity index (χ3v) is 0.992. The van der Waals surface area contributed by atoms with Gasteiger partial charge in [-0.3, -0.25) is 0 Å². The Morgan fingerprint density at radius 1 is 1.20 bits per heavy atom. The van der Waals surface area contributed by atoms with Crippen LogP contribution in [-0.2, 0) is 0 Å². The molecule has 0 unspecified atom stereocenters. The predicted molar refractivity (Wildman–Crippen MR) is 33.6 cm³/mol. The molecular formula is C4HN5O. The van der Waals surface area contributed by atoms with Crippen molar-refractivity contribution >= 4 is 24.0 Å². The Balaban J connectivity index is 2.51. The van der Waals surface area contributed by atoms with E-state index in [4.69, 9.17) is 0 Å². The van der Waals surface area contributed by atoms with Gasteiger partial charge in [-0.05, 0) is 0 Å². The monoisotopic (exact) mass is 135 g/mol. The van der Waals surface area contributed by atoms with Crippen molar-refractivity contribution in [2.45, 2.75) is 0 Å². The van der Waals surface area contributed by atoms with Gasteiger partial charge in [0.1, 0.15) is 6.34 Å². The number of hydrogen-bond acceptors (Lipinski definition) is 4. The highest BCUT2D eigenvalue weighted by Crippen LogP contribution is 2.03. The third kappa shape index (κ3) is 0.586. The molecular weight excluding hydrogens is 134 g/mol. The molecule has 6 heteroatoms. The Hall–Kier alpha value is -1.72. The average Bonchev–Trinajstić information content (AvgIpc) is 2.33. The van der Waals surface area contributed by atoms with E-state index in [2.05, 4.69) is 25.2 Å². The van der Waals surface area contributed by atoms with Crippen LogP contribution in [-0.4, -0.2) is 24.0 Å². The number of nitrogens with zero attached hydrogens (tertiary/aromatic N) is 5. The predicted octanol–water partition coefficient (Wildman–Crippen LogP) is 0.411. The Morgan fingerprint density at radius 3 is 3.00 bits per heavy atom. The molecule has 0 fully saturated rings. The summed E-state index contributed by atoms with van der Waals surface area (Å²) in [6.45, 7) is 0. The molecule has 0 aliphatic carbocycles. The normalized spacial score (nSPS) is 20.6. The van der Waals surface area contributed by atoms with Gasteiger partial charge in [-0.2, -0.15) is 4.99 Å². The molecule has 0 bridgehead atoms. The van der Waals surface area contributed by atoms with Crippen LogP contribution in [0.5, 0.6) is 0 Å². The van der Waals surface area contributed by atoms with E-state index in [-0.39, 0.29) is 5.84 Å². The van der Waals surface area contributed by atoms with E-state index in [1.54, 1.807) is 0 Å². The van der Waals surface area contributed by atoms with Crippen molar-refractivity contribution in [1.82, 2.24) is 0 Å². The smallest absolute Gasteiger partial charge is 0.242 e. The summed E-state index contributed by atoms with van der Waals surface area (Å²) >= 11 is 0. The quantitative estimate of drug-likeness (QED) is 0.473. The summed E-state index contributed by atoms with van der Waals surface area (Å²) in [4.78, 5) is 21.2. The van der Waals surface area contributed by atoms with Gasteiger partial charge in [-0.1, -0.05) is 5.11 Å². The number of rotatable bonds is 0. The Kier molecular flexibility index (Phi) is 0.830. The largest absolute Gasteiger partial charge is 0.387 e. The average molecular weight is 135 g/mol. The van der Waals surface area contributed by atoms with Crippen LogP contribution < -0.4 is 0 Å². The van der Waals surface area contributed by atoms with Gasteiger partial charge in [-0.15, -0.1) is 5.11 Å². The SMILES string of the molecule is O=C1N=NC2=NC=NC2=N1. The van der Waals surface area contributed by atoms with Crippen LogP contribution in [0.2, 0.25) is 0 Å². The Morgan fingerprint density at radius 2 is 2.10 bits per heavy atom. The lowest BCUT2D eigenvalue weighted by Gasteiger charge is -1.94. The molecule has 0 N–H and O–H groups in total. The molecule has 10 heavy (non-hydrogen) atoms. The summed E-state index contributed by atoms with van der Waals surface area (Å²) in [5.41, 5.74) is 0. The summed E-state index contributed by atoms with van der Waals surface area (Å²) < 4.78 is 0. The van der Waals surface area contributed by atoms with E-state index in [0.29, 0.717) is 5.84 Å². The molecule has 0 spiro atoms. The molecule has 6 nitrogen and oxygen atoms in total.